The van der Waals surface area contributed by atoms with Crippen molar-refractivity contribution >= 4 is 0 Å². The number of hydrogen-bond donors (Lipinski definition) is 1. The van der Waals surface area contributed by atoms with Gasteiger partial charge in [-0.1, -0.05) is 6.07 Å². The van der Waals surface area contributed by atoms with Gasteiger partial charge in [-0.3, -0.25) is 0 Å². The van der Waals surface area contributed by atoms with Gasteiger partial charge in [0.25, 0.3) is 0 Å². The van der Waals surface area contributed by atoms with Gasteiger partial charge in [0, 0.05) is 0 Å². The highest BCUT2D eigenvalue weighted by Crippen LogP contribution is 2.40. The Morgan fingerprint density at radius 3 is 2.04 bits per heavy atom. The standard InChI is InChI=1S/C20H28F2O/c1-13-10-15(12-19(21)20(13)22)11-14-2-4-16(5-3-14)17-6-8-18(23)9-7-17/h10,12,14,16-18,23H,2-9,11H2,1H3. The molecule has 3 rings (SSSR count). The summed E-state index contributed by atoms with van der Waals surface area (Å²) in [7, 11) is 0. The first kappa shape index (κ1) is 16.9. The van der Waals surface area contributed by atoms with Crippen molar-refractivity contribution in [3.05, 3.63) is 34.9 Å². The molecular weight excluding hydrogens is 294 g/mol. The Morgan fingerprint density at radius 1 is 0.913 bits per heavy atom. The molecule has 1 aromatic rings. The van der Waals surface area contributed by atoms with E-state index in [1.807, 2.05) is 0 Å². The molecule has 0 bridgehead atoms. The Hall–Kier alpha value is -0.960. The summed E-state index contributed by atoms with van der Waals surface area (Å²) in [4.78, 5) is 0. The highest BCUT2D eigenvalue weighted by atomic mass is 19.2. The lowest BCUT2D eigenvalue weighted by atomic mass is 9.70. The molecule has 0 radical (unpaired) electrons. The van der Waals surface area contributed by atoms with Gasteiger partial charge in [0.2, 0.25) is 0 Å². The van der Waals surface area contributed by atoms with Crippen LogP contribution in [0.4, 0.5) is 8.78 Å². The molecule has 1 aromatic carbocycles. The number of hydrogen-bond acceptors (Lipinski definition) is 1. The van der Waals surface area contributed by atoms with Crippen molar-refractivity contribution < 1.29 is 13.9 Å². The molecule has 0 aliphatic heterocycles. The Labute approximate surface area is 138 Å². The van der Waals surface area contributed by atoms with E-state index in [0.717, 1.165) is 36.7 Å². The molecular formula is C20H28F2O. The zero-order valence-corrected chi connectivity index (χ0v) is 14.0. The second-order valence-electron chi connectivity index (χ2n) is 7.76. The zero-order chi connectivity index (χ0) is 16.4. The van der Waals surface area contributed by atoms with E-state index in [4.69, 9.17) is 0 Å². The highest BCUT2D eigenvalue weighted by Gasteiger charge is 2.30. The molecule has 0 heterocycles. The SMILES string of the molecule is Cc1cc(CC2CCC(C3CCC(O)CC3)CC2)cc(F)c1F. The third-order valence-corrected chi connectivity index (χ3v) is 6.09. The Balaban J connectivity index is 1.51. The summed E-state index contributed by atoms with van der Waals surface area (Å²) >= 11 is 0. The molecule has 0 spiro atoms. The van der Waals surface area contributed by atoms with Crippen LogP contribution in [0.1, 0.15) is 62.5 Å². The van der Waals surface area contributed by atoms with Crippen LogP contribution in [0, 0.1) is 36.3 Å². The quantitative estimate of drug-likeness (QED) is 0.813. The maximum absolute atomic E-state index is 13.5. The molecule has 0 amide bonds. The number of rotatable bonds is 3. The summed E-state index contributed by atoms with van der Waals surface area (Å²) in [5.41, 5.74) is 1.35. The highest BCUT2D eigenvalue weighted by molar-refractivity contribution is 5.25. The lowest BCUT2D eigenvalue weighted by Crippen LogP contribution is -2.27. The molecule has 2 aliphatic carbocycles. The van der Waals surface area contributed by atoms with E-state index in [1.54, 1.807) is 13.0 Å². The van der Waals surface area contributed by atoms with Crippen LogP contribution < -0.4 is 0 Å². The molecule has 0 saturated heterocycles. The molecule has 128 valence electrons. The van der Waals surface area contributed by atoms with Crippen LogP contribution in [0.2, 0.25) is 0 Å². The van der Waals surface area contributed by atoms with Crippen LogP contribution in [0.15, 0.2) is 12.1 Å². The van der Waals surface area contributed by atoms with E-state index in [9.17, 15) is 13.9 Å². The third-order valence-electron chi connectivity index (χ3n) is 6.09. The van der Waals surface area contributed by atoms with E-state index in [0.29, 0.717) is 11.5 Å². The smallest absolute Gasteiger partial charge is 0.161 e. The summed E-state index contributed by atoms with van der Waals surface area (Å²) < 4.78 is 26.9. The molecule has 2 fully saturated rings. The predicted octanol–water partition coefficient (Wildman–Crippen LogP) is 5.17. The number of aryl methyl sites for hydroxylation is 1. The lowest BCUT2D eigenvalue weighted by molar-refractivity contribution is 0.0770. The van der Waals surface area contributed by atoms with Gasteiger partial charge in [-0.25, -0.2) is 8.78 Å². The number of halogens is 2. The van der Waals surface area contributed by atoms with Crippen LogP contribution in [0.3, 0.4) is 0 Å². The maximum atomic E-state index is 13.5. The van der Waals surface area contributed by atoms with Gasteiger partial charge in [-0.15, -0.1) is 0 Å². The van der Waals surface area contributed by atoms with E-state index < -0.39 is 11.6 Å². The van der Waals surface area contributed by atoms with Gasteiger partial charge >= 0.3 is 0 Å². The molecule has 0 aromatic heterocycles. The molecule has 2 aliphatic rings. The summed E-state index contributed by atoms with van der Waals surface area (Å²) in [6, 6.07) is 3.17. The van der Waals surface area contributed by atoms with Gasteiger partial charge in [-0.2, -0.15) is 0 Å². The summed E-state index contributed by atoms with van der Waals surface area (Å²) in [5.74, 6) is 0.784. The zero-order valence-electron chi connectivity index (χ0n) is 14.0. The predicted molar refractivity (Wildman–Crippen MR) is 88.2 cm³/mol. The van der Waals surface area contributed by atoms with Gasteiger partial charge in [0.15, 0.2) is 11.6 Å². The number of aliphatic hydroxyl groups is 1. The minimum atomic E-state index is -0.713. The molecule has 1 N–H and O–H groups in total. The van der Waals surface area contributed by atoms with Gasteiger partial charge in [0.05, 0.1) is 6.10 Å². The fraction of sp³-hybridized carbons (Fsp3) is 0.700. The fourth-order valence-electron chi connectivity index (χ4n) is 4.69. The van der Waals surface area contributed by atoms with Gasteiger partial charge in [-0.05, 0) is 99.7 Å². The second kappa shape index (κ2) is 7.29. The molecule has 0 unspecified atom stereocenters. The maximum Gasteiger partial charge on any atom is 0.161 e. The van der Waals surface area contributed by atoms with Crippen molar-refractivity contribution in [2.24, 2.45) is 17.8 Å². The minimum absolute atomic E-state index is 0.0702. The van der Waals surface area contributed by atoms with Crippen molar-refractivity contribution in [3.8, 4) is 0 Å². The van der Waals surface area contributed by atoms with Gasteiger partial charge in [0.1, 0.15) is 0 Å². The topological polar surface area (TPSA) is 20.2 Å². The second-order valence-corrected chi connectivity index (χ2v) is 7.76. The fourth-order valence-corrected chi connectivity index (χ4v) is 4.69. The first-order valence-corrected chi connectivity index (χ1v) is 9.15. The number of benzene rings is 1. The molecule has 3 heteroatoms. The summed E-state index contributed by atoms with van der Waals surface area (Å²) in [6.45, 7) is 1.64. The van der Waals surface area contributed by atoms with Crippen LogP contribution in [-0.2, 0) is 6.42 Å². The number of aliphatic hydroxyl groups excluding tert-OH is 1. The lowest BCUT2D eigenvalue weighted by Gasteiger charge is -2.37. The molecule has 0 atom stereocenters. The van der Waals surface area contributed by atoms with Crippen molar-refractivity contribution in [3.63, 3.8) is 0 Å². The first-order chi connectivity index (χ1) is 11.0. The van der Waals surface area contributed by atoms with Crippen LogP contribution >= 0.6 is 0 Å². The summed E-state index contributed by atoms with van der Waals surface area (Å²) in [5, 5.41) is 9.64. The third kappa shape index (κ3) is 4.12. The average molecular weight is 322 g/mol. The van der Waals surface area contributed by atoms with E-state index >= 15 is 0 Å². The average Bonchev–Trinajstić information content (AvgIpc) is 2.54. The van der Waals surface area contributed by atoms with Crippen molar-refractivity contribution in [2.75, 3.05) is 0 Å². The Morgan fingerprint density at radius 2 is 1.48 bits per heavy atom. The minimum Gasteiger partial charge on any atom is -0.393 e. The Bertz CT molecular complexity index is 503. The van der Waals surface area contributed by atoms with Crippen molar-refractivity contribution in [1.29, 1.82) is 0 Å². The van der Waals surface area contributed by atoms with E-state index in [2.05, 4.69) is 0 Å². The van der Waals surface area contributed by atoms with Crippen LogP contribution in [0.25, 0.3) is 0 Å². The van der Waals surface area contributed by atoms with E-state index in [-0.39, 0.29) is 6.10 Å². The molecule has 23 heavy (non-hydrogen) atoms. The van der Waals surface area contributed by atoms with E-state index in [1.165, 1.54) is 44.6 Å². The normalized spacial score (nSPS) is 32.0. The van der Waals surface area contributed by atoms with Crippen molar-refractivity contribution in [2.45, 2.75) is 70.8 Å². The monoisotopic (exact) mass is 322 g/mol. The van der Waals surface area contributed by atoms with Crippen molar-refractivity contribution in [1.82, 2.24) is 0 Å². The Kier molecular flexibility index (Phi) is 5.35. The first-order valence-electron chi connectivity index (χ1n) is 9.15. The van der Waals surface area contributed by atoms with Crippen LogP contribution in [-0.4, -0.2) is 11.2 Å². The van der Waals surface area contributed by atoms with Crippen LogP contribution in [0.5, 0.6) is 0 Å². The summed E-state index contributed by atoms with van der Waals surface area (Å²) in [6.07, 6.45) is 10.0. The molecule has 1 nitrogen and oxygen atoms in total. The molecule has 2 saturated carbocycles. The van der Waals surface area contributed by atoms with Gasteiger partial charge < -0.3 is 5.11 Å². The largest absolute Gasteiger partial charge is 0.393 e.